The van der Waals surface area contributed by atoms with E-state index in [1.807, 2.05) is 0 Å². The van der Waals surface area contributed by atoms with Crippen molar-refractivity contribution in [3.63, 3.8) is 0 Å². The van der Waals surface area contributed by atoms with Crippen molar-refractivity contribution in [3.8, 4) is 0 Å². The average Bonchev–Trinajstić information content (AvgIpc) is 3.09. The molecule has 1 aliphatic rings. The lowest BCUT2D eigenvalue weighted by Gasteiger charge is -2.18. The lowest BCUT2D eigenvalue weighted by Crippen LogP contribution is -2.12. The second-order valence-corrected chi connectivity index (χ2v) is 5.57. The standard InChI is InChI=1S/C15H21N3/c1-3-12(9-11-5-6-11)18-14-7-4-10(2)8-13(14)17-15(18)16/h4,7-8,11-12H,3,5-6,9H2,1-2H3,(H2,16,17). The van der Waals surface area contributed by atoms with Gasteiger partial charge in [0.15, 0.2) is 0 Å². The highest BCUT2D eigenvalue weighted by Gasteiger charge is 2.27. The van der Waals surface area contributed by atoms with E-state index in [4.69, 9.17) is 5.73 Å². The van der Waals surface area contributed by atoms with Crippen LogP contribution in [0.2, 0.25) is 0 Å². The van der Waals surface area contributed by atoms with Gasteiger partial charge in [-0.05, 0) is 43.4 Å². The summed E-state index contributed by atoms with van der Waals surface area (Å²) in [5.41, 5.74) is 9.58. The quantitative estimate of drug-likeness (QED) is 0.890. The summed E-state index contributed by atoms with van der Waals surface area (Å²) in [6.45, 7) is 4.34. The van der Waals surface area contributed by atoms with Crippen molar-refractivity contribution in [2.45, 2.75) is 45.6 Å². The monoisotopic (exact) mass is 243 g/mol. The fourth-order valence-corrected chi connectivity index (χ4v) is 2.80. The molecule has 1 aromatic heterocycles. The summed E-state index contributed by atoms with van der Waals surface area (Å²) in [6.07, 6.45) is 5.16. The number of hydrogen-bond donors (Lipinski definition) is 1. The third-order valence-electron chi connectivity index (χ3n) is 4.01. The predicted octanol–water partition coefficient (Wildman–Crippen LogP) is 3.68. The molecule has 1 unspecified atom stereocenters. The number of nitrogens with zero attached hydrogens (tertiary/aromatic N) is 2. The minimum absolute atomic E-state index is 0.505. The van der Waals surface area contributed by atoms with Crippen LogP contribution in [-0.4, -0.2) is 9.55 Å². The van der Waals surface area contributed by atoms with E-state index in [0.717, 1.165) is 17.9 Å². The largest absolute Gasteiger partial charge is 0.369 e. The first-order chi connectivity index (χ1) is 8.69. The van der Waals surface area contributed by atoms with Crippen LogP contribution in [-0.2, 0) is 0 Å². The molecule has 0 aliphatic heterocycles. The van der Waals surface area contributed by atoms with Gasteiger partial charge in [-0.3, -0.25) is 0 Å². The maximum atomic E-state index is 6.13. The van der Waals surface area contributed by atoms with Crippen molar-refractivity contribution < 1.29 is 0 Å². The Morgan fingerprint density at radius 1 is 1.44 bits per heavy atom. The van der Waals surface area contributed by atoms with E-state index >= 15 is 0 Å². The molecule has 96 valence electrons. The molecule has 1 aliphatic carbocycles. The number of rotatable bonds is 4. The van der Waals surface area contributed by atoms with Gasteiger partial charge in [-0.1, -0.05) is 25.8 Å². The smallest absolute Gasteiger partial charge is 0.201 e. The van der Waals surface area contributed by atoms with Gasteiger partial charge in [0, 0.05) is 6.04 Å². The van der Waals surface area contributed by atoms with Crippen molar-refractivity contribution in [2.75, 3.05) is 5.73 Å². The van der Waals surface area contributed by atoms with Crippen LogP contribution in [0.3, 0.4) is 0 Å². The Morgan fingerprint density at radius 3 is 2.89 bits per heavy atom. The minimum atomic E-state index is 0.505. The maximum Gasteiger partial charge on any atom is 0.201 e. The van der Waals surface area contributed by atoms with Gasteiger partial charge in [0.1, 0.15) is 0 Å². The molecule has 1 heterocycles. The Hall–Kier alpha value is -1.51. The van der Waals surface area contributed by atoms with Gasteiger partial charge in [-0.2, -0.15) is 0 Å². The van der Waals surface area contributed by atoms with Gasteiger partial charge in [0.25, 0.3) is 0 Å². The Labute approximate surface area is 108 Å². The van der Waals surface area contributed by atoms with Crippen molar-refractivity contribution in [1.29, 1.82) is 0 Å². The number of nitrogen functional groups attached to an aromatic ring is 1. The summed E-state index contributed by atoms with van der Waals surface area (Å²) in [4.78, 5) is 4.51. The second-order valence-electron chi connectivity index (χ2n) is 5.57. The fraction of sp³-hybridized carbons (Fsp3) is 0.533. The molecular weight excluding hydrogens is 222 g/mol. The molecule has 1 aromatic carbocycles. The molecule has 0 radical (unpaired) electrons. The number of imidazole rings is 1. The molecule has 3 heteroatoms. The SMILES string of the molecule is CCC(CC1CC1)n1c(N)nc2cc(C)ccc21. The van der Waals surface area contributed by atoms with E-state index in [9.17, 15) is 0 Å². The number of hydrogen-bond acceptors (Lipinski definition) is 2. The van der Waals surface area contributed by atoms with Crippen LogP contribution >= 0.6 is 0 Å². The summed E-state index contributed by atoms with van der Waals surface area (Å²) in [5, 5.41) is 0. The van der Waals surface area contributed by atoms with Gasteiger partial charge in [0.05, 0.1) is 11.0 Å². The summed E-state index contributed by atoms with van der Waals surface area (Å²) >= 11 is 0. The number of benzene rings is 1. The molecule has 0 spiro atoms. The second kappa shape index (κ2) is 4.30. The maximum absolute atomic E-state index is 6.13. The normalized spacial score (nSPS) is 17.2. The van der Waals surface area contributed by atoms with Crippen molar-refractivity contribution in [3.05, 3.63) is 23.8 Å². The molecule has 2 aromatic rings. The summed E-state index contributed by atoms with van der Waals surface area (Å²) < 4.78 is 2.24. The summed E-state index contributed by atoms with van der Waals surface area (Å²) in [7, 11) is 0. The molecule has 0 saturated heterocycles. The topological polar surface area (TPSA) is 43.8 Å². The highest BCUT2D eigenvalue weighted by Crippen LogP contribution is 2.39. The van der Waals surface area contributed by atoms with E-state index in [1.165, 1.54) is 30.3 Å². The van der Waals surface area contributed by atoms with Gasteiger partial charge >= 0.3 is 0 Å². The lowest BCUT2D eigenvalue weighted by molar-refractivity contribution is 0.442. The van der Waals surface area contributed by atoms with E-state index in [2.05, 4.69) is 41.6 Å². The third-order valence-corrected chi connectivity index (χ3v) is 4.01. The van der Waals surface area contributed by atoms with E-state index in [1.54, 1.807) is 0 Å². The van der Waals surface area contributed by atoms with Crippen molar-refractivity contribution in [2.24, 2.45) is 5.92 Å². The van der Waals surface area contributed by atoms with Gasteiger partial charge < -0.3 is 10.3 Å². The van der Waals surface area contributed by atoms with Crippen LogP contribution in [0.4, 0.5) is 5.95 Å². The fourth-order valence-electron chi connectivity index (χ4n) is 2.80. The molecule has 18 heavy (non-hydrogen) atoms. The molecule has 3 rings (SSSR count). The zero-order chi connectivity index (χ0) is 12.7. The molecule has 0 bridgehead atoms. The Morgan fingerprint density at radius 2 is 2.22 bits per heavy atom. The van der Waals surface area contributed by atoms with Crippen LogP contribution in [0.5, 0.6) is 0 Å². The third kappa shape index (κ3) is 1.98. The Kier molecular flexibility index (Phi) is 2.77. The van der Waals surface area contributed by atoms with Gasteiger partial charge in [-0.25, -0.2) is 4.98 Å². The molecule has 1 atom stereocenters. The van der Waals surface area contributed by atoms with E-state index in [0.29, 0.717) is 12.0 Å². The average molecular weight is 243 g/mol. The van der Waals surface area contributed by atoms with E-state index < -0.39 is 0 Å². The minimum Gasteiger partial charge on any atom is -0.369 e. The molecule has 1 fully saturated rings. The van der Waals surface area contributed by atoms with Crippen LogP contribution in [0, 0.1) is 12.8 Å². The van der Waals surface area contributed by atoms with Crippen LogP contribution in [0.25, 0.3) is 11.0 Å². The number of anilines is 1. The van der Waals surface area contributed by atoms with Crippen LogP contribution < -0.4 is 5.73 Å². The number of nitrogens with two attached hydrogens (primary N) is 1. The summed E-state index contributed by atoms with van der Waals surface area (Å²) in [6, 6.07) is 6.92. The first-order valence-electron chi connectivity index (χ1n) is 6.93. The molecular formula is C15H21N3. The first kappa shape index (κ1) is 11.6. The number of aromatic nitrogens is 2. The van der Waals surface area contributed by atoms with Crippen molar-refractivity contribution in [1.82, 2.24) is 9.55 Å². The highest BCUT2D eigenvalue weighted by molar-refractivity contribution is 5.79. The first-order valence-corrected chi connectivity index (χ1v) is 6.93. The Balaban J connectivity index is 2.05. The lowest BCUT2D eigenvalue weighted by atomic mass is 10.1. The van der Waals surface area contributed by atoms with Gasteiger partial charge in [0.2, 0.25) is 5.95 Å². The van der Waals surface area contributed by atoms with E-state index in [-0.39, 0.29) is 0 Å². The number of fused-ring (bicyclic) bond motifs is 1. The molecule has 3 nitrogen and oxygen atoms in total. The number of aryl methyl sites for hydroxylation is 1. The zero-order valence-corrected chi connectivity index (χ0v) is 11.2. The predicted molar refractivity (Wildman–Crippen MR) is 75.6 cm³/mol. The highest BCUT2D eigenvalue weighted by atomic mass is 15.2. The van der Waals surface area contributed by atoms with Crippen LogP contribution in [0.15, 0.2) is 18.2 Å². The Bertz CT molecular complexity index is 566. The zero-order valence-electron chi connectivity index (χ0n) is 11.2. The molecule has 0 amide bonds. The van der Waals surface area contributed by atoms with Crippen molar-refractivity contribution >= 4 is 17.0 Å². The molecule has 1 saturated carbocycles. The summed E-state index contributed by atoms with van der Waals surface area (Å²) in [5.74, 6) is 1.58. The molecule has 2 N–H and O–H groups in total. The van der Waals surface area contributed by atoms with Crippen LogP contribution in [0.1, 0.15) is 44.2 Å². The van der Waals surface area contributed by atoms with Gasteiger partial charge in [-0.15, -0.1) is 0 Å².